The molecule has 0 radical (unpaired) electrons. The van der Waals surface area contributed by atoms with Crippen LogP contribution in [0.5, 0.6) is 0 Å². The highest BCUT2D eigenvalue weighted by Gasteiger charge is 2.18. The molecule has 0 atom stereocenters. The van der Waals surface area contributed by atoms with E-state index in [1.165, 1.54) is 161 Å². The third kappa shape index (κ3) is 6.95. The Morgan fingerprint density at radius 3 is 1.37 bits per heavy atom. The van der Waals surface area contributed by atoms with Crippen molar-refractivity contribution in [2.24, 2.45) is 0 Å². The zero-order valence-electron chi connectivity index (χ0n) is 41.2. The van der Waals surface area contributed by atoms with E-state index in [2.05, 4.69) is 256 Å². The molecule has 350 valence electrons. The Morgan fingerprint density at radius 2 is 0.733 bits per heavy atom. The Kier molecular flexibility index (Phi) is 10.1. The van der Waals surface area contributed by atoms with Gasteiger partial charge in [-0.05, 0) is 158 Å². The second-order valence-corrected chi connectivity index (χ2v) is 22.0. The lowest BCUT2D eigenvalue weighted by Crippen LogP contribution is -1.90. The zero-order valence-corrected chi connectivity index (χ0v) is 42.8. The summed E-state index contributed by atoms with van der Waals surface area (Å²) < 4.78 is 5.27. The van der Waals surface area contributed by atoms with Crippen LogP contribution in [-0.2, 0) is 0 Å². The molecule has 0 aliphatic rings. The van der Waals surface area contributed by atoms with Crippen molar-refractivity contribution in [1.29, 1.82) is 0 Å². The number of benzene rings is 13. The smallest absolute Gasteiger partial charge is 0.0434 e. The minimum atomic E-state index is 1.18. The number of thiophene rings is 2. The summed E-state index contributed by atoms with van der Waals surface area (Å²) in [6.45, 7) is 6.57. The zero-order chi connectivity index (χ0) is 49.7. The van der Waals surface area contributed by atoms with Gasteiger partial charge < -0.3 is 0 Å². The molecule has 0 saturated heterocycles. The maximum atomic E-state index is 4.30. The summed E-state index contributed by atoms with van der Waals surface area (Å²) >= 11 is 3.80. The Bertz CT molecular complexity index is 4910. The van der Waals surface area contributed by atoms with Crippen LogP contribution in [0, 0.1) is 0 Å². The van der Waals surface area contributed by atoms with Gasteiger partial charge in [-0.1, -0.05) is 225 Å². The summed E-state index contributed by atoms with van der Waals surface area (Å²) in [5, 5.41) is 17.8. The first-order valence-electron chi connectivity index (χ1n) is 25.8. The van der Waals surface area contributed by atoms with Gasteiger partial charge in [0.15, 0.2) is 0 Å². The van der Waals surface area contributed by atoms with Crippen LogP contribution in [0.25, 0.3) is 156 Å². The van der Waals surface area contributed by atoms with Crippen LogP contribution < -0.4 is 0 Å². The molecule has 75 heavy (non-hydrogen) atoms. The average Bonchev–Trinajstić information content (AvgIpc) is 4.06. The van der Waals surface area contributed by atoms with Gasteiger partial charge in [-0.3, -0.25) is 0 Å². The molecule has 15 aromatic rings. The molecule has 0 unspecified atom stereocenters. The van der Waals surface area contributed by atoms with Crippen LogP contribution in [0.3, 0.4) is 0 Å². The highest BCUT2D eigenvalue weighted by molar-refractivity contribution is 7.27. The third-order valence-electron chi connectivity index (χ3n) is 15.8. The summed E-state index contributed by atoms with van der Waals surface area (Å²) in [4.78, 5) is 0. The molecule has 2 heterocycles. The Hall–Kier alpha value is -8.92. The van der Waals surface area contributed by atoms with E-state index in [0.29, 0.717) is 0 Å². The topological polar surface area (TPSA) is 0 Å². The minimum Gasteiger partial charge on any atom is -0.135 e. The SMILES string of the molecule is C=Cc1c(/C=C(\C)c2cccc3c2sc2ccc(-c4ccc5c6cc(-c7cccc(-c8cccc9c8sc8c(-c%10ccccc%10)cccc89)c7)ccc6c6ccccc6c5c4)cc23)c2ccccc2c2ccccc12. The molecule has 0 fully saturated rings. The van der Waals surface area contributed by atoms with Crippen molar-refractivity contribution in [3.63, 3.8) is 0 Å². The Balaban J connectivity index is 0.819. The maximum Gasteiger partial charge on any atom is 0.0434 e. The fourth-order valence-electron chi connectivity index (χ4n) is 12.2. The lowest BCUT2D eigenvalue weighted by molar-refractivity contribution is 1.63. The fourth-order valence-corrected chi connectivity index (χ4v) is 14.9. The lowest BCUT2D eigenvalue weighted by Gasteiger charge is -2.14. The van der Waals surface area contributed by atoms with Crippen LogP contribution in [-0.4, -0.2) is 0 Å². The first kappa shape index (κ1) is 43.6. The van der Waals surface area contributed by atoms with Crippen LogP contribution in [0.2, 0.25) is 0 Å². The second kappa shape index (κ2) is 17.4. The van der Waals surface area contributed by atoms with Crippen molar-refractivity contribution in [2.75, 3.05) is 0 Å². The molecule has 0 aliphatic heterocycles. The summed E-state index contributed by atoms with van der Waals surface area (Å²) in [5.41, 5.74) is 14.8. The fraction of sp³-hybridized carbons (Fsp3) is 0.0137. The molecule has 13 aromatic carbocycles. The summed E-state index contributed by atoms with van der Waals surface area (Å²) in [6.07, 6.45) is 4.41. The second-order valence-electron chi connectivity index (χ2n) is 19.9. The number of rotatable bonds is 7. The molecule has 15 rings (SSSR count). The van der Waals surface area contributed by atoms with E-state index in [1.54, 1.807) is 0 Å². The normalized spacial score (nSPS) is 12.2. The van der Waals surface area contributed by atoms with Crippen LogP contribution in [0.4, 0.5) is 0 Å². The standard InChI is InChI=1S/C73H46S2/c1-3-51-55-21-7-8-22-56(55)57-23-9-11-25-59(57)66(51)39-44(2)52-27-14-32-65-69-43-49(35-38-70(69)74-71(52)65)48-34-37-62-67(42-48)60-26-12-10-24-58(60)61-36-33-47(41-68(61)62)46-19-13-20-50(40-46)54-29-16-31-64-63-30-15-28-53(72(63)75-73(54)64)45-17-5-4-6-18-45/h3-43H,1H2,2H3/b44-39+. The van der Waals surface area contributed by atoms with Crippen molar-refractivity contribution >= 4 is 135 Å². The van der Waals surface area contributed by atoms with E-state index in [1.807, 2.05) is 28.7 Å². The van der Waals surface area contributed by atoms with Gasteiger partial charge >= 0.3 is 0 Å². The molecule has 0 amide bonds. The highest BCUT2D eigenvalue weighted by atomic mass is 32.1. The quantitative estimate of drug-likeness (QED) is 0.110. The molecular formula is C73H46S2. The van der Waals surface area contributed by atoms with Crippen molar-refractivity contribution in [2.45, 2.75) is 6.92 Å². The van der Waals surface area contributed by atoms with Crippen LogP contribution in [0.15, 0.2) is 243 Å². The summed E-state index contributed by atoms with van der Waals surface area (Å²) in [5.74, 6) is 0. The van der Waals surface area contributed by atoms with Crippen molar-refractivity contribution in [3.05, 3.63) is 260 Å². The number of hydrogen-bond donors (Lipinski definition) is 0. The van der Waals surface area contributed by atoms with E-state index in [0.717, 1.165) is 0 Å². The molecule has 0 N–H and O–H groups in total. The first-order valence-corrected chi connectivity index (χ1v) is 27.4. The highest BCUT2D eigenvalue weighted by Crippen LogP contribution is 2.47. The third-order valence-corrected chi connectivity index (χ3v) is 18.3. The van der Waals surface area contributed by atoms with Gasteiger partial charge in [0.05, 0.1) is 0 Å². The largest absolute Gasteiger partial charge is 0.135 e. The number of allylic oxidation sites excluding steroid dienone is 1. The Labute approximate surface area is 443 Å². The molecule has 0 bridgehead atoms. The van der Waals surface area contributed by atoms with Gasteiger partial charge in [-0.2, -0.15) is 0 Å². The van der Waals surface area contributed by atoms with Gasteiger partial charge in [0.1, 0.15) is 0 Å². The molecule has 0 spiro atoms. The number of hydrogen-bond acceptors (Lipinski definition) is 2. The molecule has 2 aromatic heterocycles. The maximum absolute atomic E-state index is 4.30. The van der Waals surface area contributed by atoms with Crippen molar-refractivity contribution < 1.29 is 0 Å². The molecule has 2 heteroatoms. The molecular weight excluding hydrogens is 941 g/mol. The monoisotopic (exact) mass is 986 g/mol. The Morgan fingerprint density at radius 1 is 0.307 bits per heavy atom. The minimum absolute atomic E-state index is 1.18. The van der Waals surface area contributed by atoms with Gasteiger partial charge in [-0.25, -0.2) is 0 Å². The van der Waals surface area contributed by atoms with Crippen LogP contribution >= 0.6 is 22.7 Å². The van der Waals surface area contributed by atoms with E-state index >= 15 is 0 Å². The number of fused-ring (bicyclic) bond motifs is 15. The predicted octanol–water partition coefficient (Wildman–Crippen LogP) is 22.1. The van der Waals surface area contributed by atoms with Gasteiger partial charge in [0.2, 0.25) is 0 Å². The van der Waals surface area contributed by atoms with Gasteiger partial charge in [0.25, 0.3) is 0 Å². The predicted molar refractivity (Wildman–Crippen MR) is 332 cm³/mol. The average molecular weight is 987 g/mol. The van der Waals surface area contributed by atoms with E-state index in [-0.39, 0.29) is 0 Å². The van der Waals surface area contributed by atoms with Crippen molar-refractivity contribution in [3.8, 4) is 44.5 Å². The van der Waals surface area contributed by atoms with Gasteiger partial charge in [0, 0.05) is 40.3 Å². The molecule has 0 saturated carbocycles. The molecule has 0 nitrogen and oxygen atoms in total. The van der Waals surface area contributed by atoms with Crippen LogP contribution in [0.1, 0.15) is 23.6 Å². The van der Waals surface area contributed by atoms with E-state index in [9.17, 15) is 0 Å². The van der Waals surface area contributed by atoms with E-state index in [4.69, 9.17) is 0 Å². The lowest BCUT2D eigenvalue weighted by atomic mass is 9.89. The summed E-state index contributed by atoms with van der Waals surface area (Å²) in [6, 6.07) is 88.0. The van der Waals surface area contributed by atoms with Crippen molar-refractivity contribution in [1.82, 2.24) is 0 Å². The van der Waals surface area contributed by atoms with E-state index < -0.39 is 0 Å². The van der Waals surface area contributed by atoms with Gasteiger partial charge in [-0.15, -0.1) is 22.7 Å². The molecule has 0 aliphatic carbocycles. The summed E-state index contributed by atoms with van der Waals surface area (Å²) in [7, 11) is 0. The first-order chi connectivity index (χ1) is 37.1.